The number of H-pyrrole nitrogens is 1. The van der Waals surface area contributed by atoms with Crippen LogP contribution in [-0.4, -0.2) is 30.5 Å². The van der Waals surface area contributed by atoms with Crippen molar-refractivity contribution in [1.82, 2.24) is 9.88 Å². The van der Waals surface area contributed by atoms with E-state index in [-0.39, 0.29) is 5.82 Å². The maximum Gasteiger partial charge on any atom is 0.123 e. The summed E-state index contributed by atoms with van der Waals surface area (Å²) in [6.07, 6.45) is 1.85. The highest BCUT2D eigenvalue weighted by Crippen LogP contribution is 2.37. The Bertz CT molecular complexity index is 839. The Kier molecular flexibility index (Phi) is 3.98. The standard InChI is InChI=1S/C17H19ClFN3/c1-22(2)7-3-4-11-14(20)9-13(18)16-12-8-10(19)5-6-15(12)21-17(11)16/h5-6,8-9,21H,3-4,7,20H2,1-2H3. The van der Waals surface area contributed by atoms with Crippen molar-refractivity contribution in [3.05, 3.63) is 40.7 Å². The number of anilines is 1. The van der Waals surface area contributed by atoms with E-state index in [2.05, 4.69) is 9.88 Å². The molecule has 3 rings (SSSR count). The number of aromatic amines is 1. The number of hydrogen-bond acceptors (Lipinski definition) is 2. The number of nitrogens with two attached hydrogens (primary N) is 1. The molecular formula is C17H19ClFN3. The predicted octanol–water partition coefficient (Wildman–Crippen LogP) is 4.19. The number of nitrogens with zero attached hydrogens (tertiary/aromatic N) is 1. The topological polar surface area (TPSA) is 45.0 Å². The van der Waals surface area contributed by atoms with E-state index in [4.69, 9.17) is 17.3 Å². The summed E-state index contributed by atoms with van der Waals surface area (Å²) < 4.78 is 13.6. The molecule has 3 aromatic rings. The highest BCUT2D eigenvalue weighted by atomic mass is 35.5. The van der Waals surface area contributed by atoms with Crippen molar-refractivity contribution < 1.29 is 4.39 Å². The number of fused-ring (bicyclic) bond motifs is 3. The second kappa shape index (κ2) is 5.78. The van der Waals surface area contributed by atoms with E-state index < -0.39 is 0 Å². The molecule has 0 saturated carbocycles. The van der Waals surface area contributed by atoms with E-state index in [0.717, 1.165) is 46.8 Å². The van der Waals surface area contributed by atoms with Crippen molar-refractivity contribution in [2.45, 2.75) is 12.8 Å². The first-order valence-electron chi connectivity index (χ1n) is 7.30. The summed E-state index contributed by atoms with van der Waals surface area (Å²) in [4.78, 5) is 5.49. The molecule has 0 amide bonds. The summed E-state index contributed by atoms with van der Waals surface area (Å²) in [5.74, 6) is -0.268. The summed E-state index contributed by atoms with van der Waals surface area (Å²) in [5, 5.41) is 2.21. The van der Waals surface area contributed by atoms with Crippen LogP contribution in [0, 0.1) is 5.82 Å². The molecule has 0 atom stereocenters. The van der Waals surface area contributed by atoms with E-state index in [1.54, 1.807) is 12.1 Å². The van der Waals surface area contributed by atoms with Crippen LogP contribution in [0.3, 0.4) is 0 Å². The van der Waals surface area contributed by atoms with Gasteiger partial charge in [-0.3, -0.25) is 0 Å². The Morgan fingerprint density at radius 3 is 2.77 bits per heavy atom. The molecule has 5 heteroatoms. The number of benzene rings is 2. The Morgan fingerprint density at radius 2 is 2.05 bits per heavy atom. The quantitative estimate of drug-likeness (QED) is 0.708. The lowest BCUT2D eigenvalue weighted by atomic mass is 10.0. The molecule has 0 aliphatic heterocycles. The lowest BCUT2D eigenvalue weighted by Crippen LogP contribution is -2.13. The maximum absolute atomic E-state index is 13.6. The summed E-state index contributed by atoms with van der Waals surface area (Å²) >= 11 is 6.36. The number of aromatic nitrogens is 1. The van der Waals surface area contributed by atoms with Crippen LogP contribution in [0.5, 0.6) is 0 Å². The van der Waals surface area contributed by atoms with Gasteiger partial charge < -0.3 is 15.6 Å². The van der Waals surface area contributed by atoms with Gasteiger partial charge in [0.25, 0.3) is 0 Å². The number of rotatable bonds is 4. The van der Waals surface area contributed by atoms with Crippen LogP contribution in [0.1, 0.15) is 12.0 Å². The van der Waals surface area contributed by atoms with Gasteiger partial charge >= 0.3 is 0 Å². The molecule has 1 aromatic heterocycles. The van der Waals surface area contributed by atoms with Gasteiger partial charge in [0.05, 0.1) is 10.5 Å². The Morgan fingerprint density at radius 1 is 1.27 bits per heavy atom. The zero-order valence-corrected chi connectivity index (χ0v) is 13.5. The first-order chi connectivity index (χ1) is 10.5. The maximum atomic E-state index is 13.6. The number of nitrogen functional groups attached to an aromatic ring is 1. The summed E-state index contributed by atoms with van der Waals surface area (Å²) in [6, 6.07) is 6.47. The molecule has 3 N–H and O–H groups in total. The van der Waals surface area contributed by atoms with Gasteiger partial charge in [0.2, 0.25) is 0 Å². The molecule has 116 valence electrons. The molecule has 0 spiro atoms. The molecule has 0 fully saturated rings. The van der Waals surface area contributed by atoms with Crippen LogP contribution in [0.4, 0.5) is 10.1 Å². The van der Waals surface area contributed by atoms with E-state index >= 15 is 0 Å². The Labute approximate surface area is 133 Å². The minimum atomic E-state index is -0.268. The van der Waals surface area contributed by atoms with Crippen molar-refractivity contribution in [3.8, 4) is 0 Å². The van der Waals surface area contributed by atoms with Gasteiger partial charge in [0.1, 0.15) is 5.82 Å². The first-order valence-corrected chi connectivity index (χ1v) is 7.67. The van der Waals surface area contributed by atoms with Gasteiger partial charge in [-0.2, -0.15) is 0 Å². The van der Waals surface area contributed by atoms with Gasteiger partial charge in [-0.1, -0.05) is 11.6 Å². The second-order valence-electron chi connectivity index (χ2n) is 5.90. The van der Waals surface area contributed by atoms with Gasteiger partial charge in [-0.15, -0.1) is 0 Å². The lowest BCUT2D eigenvalue weighted by Gasteiger charge is -2.12. The van der Waals surface area contributed by atoms with Crippen molar-refractivity contribution in [2.75, 3.05) is 26.4 Å². The lowest BCUT2D eigenvalue weighted by molar-refractivity contribution is 0.400. The molecule has 0 radical (unpaired) electrons. The normalized spacial score (nSPS) is 11.9. The minimum Gasteiger partial charge on any atom is -0.398 e. The molecular weight excluding hydrogens is 301 g/mol. The molecule has 0 bridgehead atoms. The summed E-state index contributed by atoms with van der Waals surface area (Å²) in [6.45, 7) is 0.985. The van der Waals surface area contributed by atoms with Gasteiger partial charge in [0, 0.05) is 22.0 Å². The molecule has 0 aliphatic rings. The van der Waals surface area contributed by atoms with Crippen molar-refractivity contribution in [2.24, 2.45) is 0 Å². The Hall–Kier alpha value is -1.78. The molecule has 0 aliphatic carbocycles. The molecule has 0 unspecified atom stereocenters. The van der Waals surface area contributed by atoms with Crippen LogP contribution in [0.2, 0.25) is 5.02 Å². The van der Waals surface area contributed by atoms with Crippen molar-refractivity contribution in [3.63, 3.8) is 0 Å². The number of aryl methyl sites for hydroxylation is 1. The van der Waals surface area contributed by atoms with Crippen LogP contribution in [0.15, 0.2) is 24.3 Å². The summed E-state index contributed by atoms with van der Waals surface area (Å²) in [7, 11) is 4.10. The predicted molar refractivity (Wildman–Crippen MR) is 92.1 cm³/mol. The van der Waals surface area contributed by atoms with Crippen LogP contribution >= 0.6 is 11.6 Å². The zero-order chi connectivity index (χ0) is 15.9. The van der Waals surface area contributed by atoms with Crippen LogP contribution in [0.25, 0.3) is 21.8 Å². The third-order valence-electron chi connectivity index (χ3n) is 3.96. The molecule has 1 heterocycles. The highest BCUT2D eigenvalue weighted by Gasteiger charge is 2.15. The minimum absolute atomic E-state index is 0.268. The average molecular weight is 320 g/mol. The molecule has 22 heavy (non-hydrogen) atoms. The van der Waals surface area contributed by atoms with E-state index in [0.29, 0.717) is 10.7 Å². The van der Waals surface area contributed by atoms with E-state index in [1.807, 2.05) is 14.1 Å². The van der Waals surface area contributed by atoms with Crippen LogP contribution < -0.4 is 5.73 Å². The highest BCUT2D eigenvalue weighted by molar-refractivity contribution is 6.38. The third kappa shape index (κ3) is 2.64. The monoisotopic (exact) mass is 319 g/mol. The Balaban J connectivity index is 2.17. The van der Waals surface area contributed by atoms with Gasteiger partial charge in [-0.25, -0.2) is 4.39 Å². The number of hydrogen-bond donors (Lipinski definition) is 2. The van der Waals surface area contributed by atoms with Crippen molar-refractivity contribution >= 4 is 39.1 Å². The fourth-order valence-corrected chi connectivity index (χ4v) is 3.23. The number of nitrogens with one attached hydrogen (secondary N) is 1. The van der Waals surface area contributed by atoms with Crippen LogP contribution in [-0.2, 0) is 6.42 Å². The van der Waals surface area contributed by atoms with E-state index in [1.165, 1.54) is 12.1 Å². The number of halogens is 2. The molecule has 2 aromatic carbocycles. The SMILES string of the molecule is CN(C)CCCc1c(N)cc(Cl)c2c1[nH]c1ccc(F)cc12. The molecule has 0 saturated heterocycles. The molecule has 3 nitrogen and oxygen atoms in total. The van der Waals surface area contributed by atoms with Crippen molar-refractivity contribution in [1.29, 1.82) is 0 Å². The first kappa shape index (κ1) is 15.1. The fraction of sp³-hybridized carbons (Fsp3) is 0.294. The smallest absolute Gasteiger partial charge is 0.123 e. The fourth-order valence-electron chi connectivity index (χ4n) is 2.92. The van der Waals surface area contributed by atoms with E-state index in [9.17, 15) is 4.39 Å². The second-order valence-corrected chi connectivity index (χ2v) is 6.31. The summed E-state index contributed by atoms with van der Waals surface area (Å²) in [5.41, 5.74) is 9.69. The van der Waals surface area contributed by atoms with Gasteiger partial charge in [-0.05, 0) is 63.3 Å². The van der Waals surface area contributed by atoms with Gasteiger partial charge in [0.15, 0.2) is 0 Å². The largest absolute Gasteiger partial charge is 0.398 e. The third-order valence-corrected chi connectivity index (χ3v) is 4.26. The average Bonchev–Trinajstić information content (AvgIpc) is 2.80. The zero-order valence-electron chi connectivity index (χ0n) is 12.7.